The molecule has 0 spiro atoms. The van der Waals surface area contributed by atoms with Gasteiger partial charge < -0.3 is 15.2 Å². The van der Waals surface area contributed by atoms with Crippen LogP contribution in [0.2, 0.25) is 0 Å². The molecule has 2 heterocycles. The largest absolute Gasteiger partial charge is 0.341 e. The SMILES string of the molecule is CCn1c2ccccc2c2cc(NC(=O)C(C)Sc3ccc(NC(=O)c4cccs4)cc3)ccc21. The molecule has 0 saturated heterocycles. The van der Waals surface area contributed by atoms with Gasteiger partial charge in [0, 0.05) is 44.6 Å². The normalized spacial score (nSPS) is 12.1. The van der Waals surface area contributed by atoms with Crippen molar-refractivity contribution in [1.29, 1.82) is 0 Å². The van der Waals surface area contributed by atoms with E-state index in [9.17, 15) is 9.59 Å². The number of hydrogen-bond donors (Lipinski definition) is 2. The zero-order chi connectivity index (χ0) is 24.4. The van der Waals surface area contributed by atoms with Crippen molar-refractivity contribution in [3.63, 3.8) is 0 Å². The zero-order valence-electron chi connectivity index (χ0n) is 19.4. The summed E-state index contributed by atoms with van der Waals surface area (Å²) in [7, 11) is 0. The van der Waals surface area contributed by atoms with Crippen LogP contribution in [0.25, 0.3) is 21.8 Å². The molecule has 2 aromatic heterocycles. The second-order valence-electron chi connectivity index (χ2n) is 8.20. The van der Waals surface area contributed by atoms with Crippen molar-refractivity contribution in [2.24, 2.45) is 0 Å². The molecule has 0 radical (unpaired) electrons. The molecule has 0 fully saturated rings. The Kier molecular flexibility index (Phi) is 6.61. The monoisotopic (exact) mass is 499 g/mol. The fourth-order valence-electron chi connectivity index (χ4n) is 4.19. The van der Waals surface area contributed by atoms with E-state index in [2.05, 4.69) is 52.5 Å². The quantitative estimate of drug-likeness (QED) is 0.232. The molecule has 0 bridgehead atoms. The van der Waals surface area contributed by atoms with E-state index in [4.69, 9.17) is 0 Å². The zero-order valence-corrected chi connectivity index (χ0v) is 21.1. The summed E-state index contributed by atoms with van der Waals surface area (Å²) in [4.78, 5) is 26.8. The molecule has 176 valence electrons. The van der Waals surface area contributed by atoms with E-state index < -0.39 is 0 Å². The number of amides is 2. The van der Waals surface area contributed by atoms with Crippen LogP contribution >= 0.6 is 23.1 Å². The highest BCUT2D eigenvalue weighted by Crippen LogP contribution is 2.32. The highest BCUT2D eigenvalue weighted by Gasteiger charge is 2.16. The highest BCUT2D eigenvalue weighted by atomic mass is 32.2. The van der Waals surface area contributed by atoms with Crippen molar-refractivity contribution in [2.75, 3.05) is 10.6 Å². The van der Waals surface area contributed by atoms with Crippen LogP contribution in [-0.2, 0) is 11.3 Å². The second kappa shape index (κ2) is 9.98. The molecule has 5 aromatic rings. The Balaban J connectivity index is 1.25. The summed E-state index contributed by atoms with van der Waals surface area (Å²) >= 11 is 2.89. The summed E-state index contributed by atoms with van der Waals surface area (Å²) in [5.74, 6) is -0.171. The van der Waals surface area contributed by atoms with Gasteiger partial charge in [0.2, 0.25) is 5.91 Å². The van der Waals surface area contributed by atoms with Gasteiger partial charge in [-0.1, -0.05) is 24.3 Å². The van der Waals surface area contributed by atoms with Crippen LogP contribution in [0, 0.1) is 0 Å². The lowest BCUT2D eigenvalue weighted by Gasteiger charge is -2.13. The van der Waals surface area contributed by atoms with Gasteiger partial charge in [-0.25, -0.2) is 0 Å². The number of para-hydroxylation sites is 1. The van der Waals surface area contributed by atoms with Crippen LogP contribution in [0.1, 0.15) is 23.5 Å². The van der Waals surface area contributed by atoms with E-state index >= 15 is 0 Å². The van der Waals surface area contributed by atoms with E-state index in [0.29, 0.717) is 4.88 Å². The van der Waals surface area contributed by atoms with Gasteiger partial charge in [0.25, 0.3) is 5.91 Å². The average molecular weight is 500 g/mol. The molecular weight excluding hydrogens is 474 g/mol. The lowest BCUT2D eigenvalue weighted by atomic mass is 10.1. The fraction of sp³-hybridized carbons (Fsp3) is 0.143. The van der Waals surface area contributed by atoms with Crippen LogP contribution in [0.3, 0.4) is 0 Å². The molecule has 0 aliphatic carbocycles. The maximum Gasteiger partial charge on any atom is 0.265 e. The van der Waals surface area contributed by atoms with Crippen LogP contribution in [-0.4, -0.2) is 21.6 Å². The standard InChI is InChI=1S/C28H25N3O2S2/c1-3-31-24-8-5-4-7-22(24)23-17-20(12-15-25(23)31)30-27(32)18(2)35-21-13-10-19(11-14-21)29-28(33)26-9-6-16-34-26/h4-18H,3H2,1-2H3,(H,29,33)(H,30,32). The maximum atomic E-state index is 12.9. The van der Waals surface area contributed by atoms with Crippen LogP contribution in [0.4, 0.5) is 11.4 Å². The fourth-order valence-corrected chi connectivity index (χ4v) is 5.68. The van der Waals surface area contributed by atoms with Gasteiger partial charge in [0.1, 0.15) is 0 Å². The number of fused-ring (bicyclic) bond motifs is 3. The van der Waals surface area contributed by atoms with Gasteiger partial charge in [-0.15, -0.1) is 23.1 Å². The van der Waals surface area contributed by atoms with Crippen molar-refractivity contribution in [2.45, 2.75) is 30.5 Å². The molecule has 0 aliphatic heterocycles. The summed E-state index contributed by atoms with van der Waals surface area (Å²) in [6.45, 7) is 4.93. The number of carbonyl (C=O) groups excluding carboxylic acids is 2. The lowest BCUT2D eigenvalue weighted by Crippen LogP contribution is -2.22. The van der Waals surface area contributed by atoms with Gasteiger partial charge in [-0.05, 0) is 73.8 Å². The highest BCUT2D eigenvalue weighted by molar-refractivity contribution is 8.00. The number of nitrogens with zero attached hydrogens (tertiary/aromatic N) is 1. The first-order valence-corrected chi connectivity index (χ1v) is 13.2. The van der Waals surface area contributed by atoms with E-state index in [1.54, 1.807) is 6.07 Å². The minimum absolute atomic E-state index is 0.0522. The molecule has 0 saturated carbocycles. The number of benzene rings is 3. The summed E-state index contributed by atoms with van der Waals surface area (Å²) in [6.07, 6.45) is 0. The van der Waals surface area contributed by atoms with Crippen LogP contribution in [0.5, 0.6) is 0 Å². The van der Waals surface area contributed by atoms with Gasteiger partial charge in [-0.3, -0.25) is 9.59 Å². The first-order chi connectivity index (χ1) is 17.0. The van der Waals surface area contributed by atoms with Crippen molar-refractivity contribution in [3.05, 3.63) is 89.1 Å². The van der Waals surface area contributed by atoms with Gasteiger partial charge >= 0.3 is 0 Å². The average Bonchev–Trinajstić information content (AvgIpc) is 3.52. The molecule has 35 heavy (non-hydrogen) atoms. The third kappa shape index (κ3) is 4.83. The molecule has 2 amide bonds. The third-order valence-corrected chi connectivity index (χ3v) is 7.88. The van der Waals surface area contributed by atoms with Crippen molar-refractivity contribution in [1.82, 2.24) is 4.57 Å². The van der Waals surface area contributed by atoms with E-state index in [1.165, 1.54) is 39.5 Å². The Morgan fingerprint density at radius 3 is 2.37 bits per heavy atom. The Hall–Kier alpha value is -3.55. The number of rotatable bonds is 7. The Morgan fingerprint density at radius 1 is 0.886 bits per heavy atom. The topological polar surface area (TPSA) is 63.1 Å². The van der Waals surface area contributed by atoms with Crippen molar-refractivity contribution >= 4 is 68.1 Å². The molecule has 3 aromatic carbocycles. The molecule has 1 atom stereocenters. The number of aryl methyl sites for hydroxylation is 1. The molecule has 1 unspecified atom stereocenters. The Morgan fingerprint density at radius 2 is 1.63 bits per heavy atom. The van der Waals surface area contributed by atoms with Crippen LogP contribution in [0.15, 0.2) is 89.1 Å². The van der Waals surface area contributed by atoms with Gasteiger partial charge in [0.05, 0.1) is 10.1 Å². The second-order valence-corrected chi connectivity index (χ2v) is 10.6. The smallest absolute Gasteiger partial charge is 0.265 e. The summed E-state index contributed by atoms with van der Waals surface area (Å²) < 4.78 is 2.29. The Bertz CT molecular complexity index is 1510. The minimum atomic E-state index is -0.283. The lowest BCUT2D eigenvalue weighted by molar-refractivity contribution is -0.115. The van der Waals surface area contributed by atoms with E-state index in [-0.39, 0.29) is 17.1 Å². The predicted octanol–water partition coefficient (Wildman–Crippen LogP) is 7.25. The predicted molar refractivity (Wildman–Crippen MR) is 148 cm³/mol. The molecule has 5 rings (SSSR count). The molecule has 0 aliphatic rings. The maximum absolute atomic E-state index is 12.9. The van der Waals surface area contributed by atoms with Gasteiger partial charge in [-0.2, -0.15) is 0 Å². The van der Waals surface area contributed by atoms with E-state index in [0.717, 1.165) is 28.2 Å². The Labute approximate surface area is 212 Å². The number of hydrogen-bond acceptors (Lipinski definition) is 4. The number of nitrogens with one attached hydrogen (secondary N) is 2. The molecule has 7 heteroatoms. The summed E-state index contributed by atoms with van der Waals surface area (Å²) in [5.41, 5.74) is 3.89. The van der Waals surface area contributed by atoms with Crippen LogP contribution < -0.4 is 10.6 Å². The van der Waals surface area contributed by atoms with Crippen molar-refractivity contribution < 1.29 is 9.59 Å². The number of thioether (sulfide) groups is 1. The molecular formula is C28H25N3O2S2. The van der Waals surface area contributed by atoms with E-state index in [1.807, 2.05) is 54.8 Å². The number of aromatic nitrogens is 1. The number of thiophene rings is 1. The van der Waals surface area contributed by atoms with Crippen molar-refractivity contribution in [3.8, 4) is 0 Å². The number of carbonyl (C=O) groups is 2. The minimum Gasteiger partial charge on any atom is -0.341 e. The summed E-state index contributed by atoms with van der Waals surface area (Å²) in [6, 6.07) is 25.7. The summed E-state index contributed by atoms with van der Waals surface area (Å²) in [5, 5.41) is 9.89. The number of anilines is 2. The third-order valence-electron chi connectivity index (χ3n) is 5.90. The first kappa shape index (κ1) is 23.2. The molecule has 2 N–H and O–H groups in total. The molecule has 5 nitrogen and oxygen atoms in total. The first-order valence-electron chi connectivity index (χ1n) is 11.5. The van der Waals surface area contributed by atoms with Gasteiger partial charge in [0.15, 0.2) is 0 Å².